The Kier molecular flexibility index (Phi) is 9.36. The third-order valence-electron chi connectivity index (χ3n) is 7.66. The van der Waals surface area contributed by atoms with Gasteiger partial charge in [-0.3, -0.25) is 20.1 Å². The maximum absolute atomic E-state index is 13.8. The molecule has 2 aromatic carbocycles. The number of aromatic carboxylic acids is 1. The van der Waals surface area contributed by atoms with Gasteiger partial charge in [0.15, 0.2) is 12.0 Å². The zero-order chi connectivity index (χ0) is 31.4. The lowest BCUT2D eigenvalue weighted by atomic mass is 10.0. The smallest absolute Gasteiger partial charge is 0.338 e. The number of carbonyl (C=O) groups excluding carboxylic acids is 3. The Balaban J connectivity index is 1.21. The number of ether oxygens (including phenoxy) is 2. The first-order valence-corrected chi connectivity index (χ1v) is 14.9. The summed E-state index contributed by atoms with van der Waals surface area (Å²) in [7, 11) is 1.88. The van der Waals surface area contributed by atoms with Crippen LogP contribution in [0.15, 0.2) is 53.9 Å². The van der Waals surface area contributed by atoms with E-state index in [0.717, 1.165) is 16.5 Å². The number of quaternary nitrogens is 1. The number of nitrogens with two attached hydrogens (primary N) is 2. The molecule has 232 valence electrons. The summed E-state index contributed by atoms with van der Waals surface area (Å²) < 4.78 is 25.3. The number of amides is 3. The van der Waals surface area contributed by atoms with Gasteiger partial charge in [0.2, 0.25) is 11.8 Å². The van der Waals surface area contributed by atoms with Gasteiger partial charge in [-0.05, 0) is 41.5 Å². The lowest BCUT2D eigenvalue weighted by Gasteiger charge is -2.24. The highest BCUT2D eigenvalue weighted by Crippen LogP contribution is 2.35. The number of nitrogens with one attached hydrogen (secondary N) is 2. The molecule has 3 amide bonds. The van der Waals surface area contributed by atoms with Crippen molar-refractivity contribution in [3.8, 4) is 11.1 Å². The van der Waals surface area contributed by atoms with Crippen molar-refractivity contribution in [3.63, 3.8) is 0 Å². The maximum atomic E-state index is 13.8. The Bertz CT molecular complexity index is 1560. The van der Waals surface area contributed by atoms with E-state index in [1.54, 1.807) is 12.1 Å². The van der Waals surface area contributed by atoms with E-state index in [0.29, 0.717) is 24.3 Å². The number of likely N-dealkylation sites (tertiary alicyclic amines) is 1. The highest BCUT2D eigenvalue weighted by atomic mass is 32.1. The summed E-state index contributed by atoms with van der Waals surface area (Å²) in [6.07, 6.45) is -0.0247. The van der Waals surface area contributed by atoms with Crippen LogP contribution in [0.5, 0.6) is 0 Å². The summed E-state index contributed by atoms with van der Waals surface area (Å²) in [4.78, 5) is 53.0. The lowest BCUT2D eigenvalue weighted by molar-refractivity contribution is -0.669. The number of benzene rings is 2. The minimum atomic E-state index is -1.38. The highest BCUT2D eigenvalue weighted by molar-refractivity contribution is 7.10. The summed E-state index contributed by atoms with van der Waals surface area (Å²) in [5.41, 5.74) is 7.86. The molecule has 2 fully saturated rings. The number of hydrogen-bond acceptors (Lipinski definition) is 8. The van der Waals surface area contributed by atoms with Gasteiger partial charge in [-0.15, -0.1) is 11.3 Å². The van der Waals surface area contributed by atoms with E-state index in [1.807, 2.05) is 23.8 Å². The number of hydrogen-bond donors (Lipinski definition) is 5. The van der Waals surface area contributed by atoms with E-state index in [-0.39, 0.29) is 43.7 Å². The predicted octanol–water partition coefficient (Wildman–Crippen LogP) is 0.793. The molecular weight excluding hydrogens is 593 g/mol. The average Bonchev–Trinajstić information content (AvgIpc) is 3.79. The Morgan fingerprint density at radius 1 is 1.11 bits per heavy atom. The predicted molar refractivity (Wildman–Crippen MR) is 157 cm³/mol. The highest BCUT2D eigenvalue weighted by Gasteiger charge is 2.52. The second kappa shape index (κ2) is 13.2. The van der Waals surface area contributed by atoms with Gasteiger partial charge in [0.25, 0.3) is 5.91 Å². The zero-order valence-corrected chi connectivity index (χ0v) is 24.7. The first-order chi connectivity index (χ1) is 21.1. The van der Waals surface area contributed by atoms with Gasteiger partial charge in [0.1, 0.15) is 11.9 Å². The minimum absolute atomic E-state index is 0.0504. The van der Waals surface area contributed by atoms with Crippen LogP contribution in [0, 0.1) is 5.82 Å². The van der Waals surface area contributed by atoms with Gasteiger partial charge < -0.3 is 35.4 Å². The number of carbonyl (C=O) groups is 4. The van der Waals surface area contributed by atoms with E-state index >= 15 is 0 Å². The van der Waals surface area contributed by atoms with E-state index in [9.17, 15) is 28.7 Å². The standard InChI is InChI=1S/C30H32FN5O7S/c1-33-26(32)20-10-21(44-15-20)13-34-28(39)24-12-30(42-8-9-43-30)16-36(24)25(37)14-35-27(38)18-4-2-17(3-5-18)19-6-7-23(31)22(11-19)29(40)41/h2-7,10-11,15,24,26,33H,8-9,12-14,16,32H2,1H3,(H,34,39)(H,35,38)(H,40,41)/p+1/t24-,26?/m0/s1. The van der Waals surface area contributed by atoms with Crippen LogP contribution >= 0.6 is 11.3 Å². The third kappa shape index (κ3) is 6.79. The van der Waals surface area contributed by atoms with Crippen LogP contribution in [0.2, 0.25) is 0 Å². The largest absolute Gasteiger partial charge is 0.478 e. The van der Waals surface area contributed by atoms with E-state index in [1.165, 1.54) is 40.5 Å². The van der Waals surface area contributed by atoms with Crippen LogP contribution in [-0.4, -0.2) is 78.9 Å². The molecule has 1 spiro atoms. The fourth-order valence-corrected chi connectivity index (χ4v) is 6.11. The van der Waals surface area contributed by atoms with E-state index in [2.05, 4.69) is 10.6 Å². The summed E-state index contributed by atoms with van der Waals surface area (Å²) in [6.45, 7) is 0.668. The van der Waals surface area contributed by atoms with Crippen molar-refractivity contribution in [1.29, 1.82) is 0 Å². The number of nitrogens with zero attached hydrogens (tertiary/aromatic N) is 1. The molecule has 12 nitrogen and oxygen atoms in total. The van der Waals surface area contributed by atoms with Crippen LogP contribution in [0.25, 0.3) is 11.1 Å². The van der Waals surface area contributed by atoms with Gasteiger partial charge in [0, 0.05) is 27.8 Å². The quantitative estimate of drug-likeness (QED) is 0.205. The van der Waals surface area contributed by atoms with Gasteiger partial charge in [-0.25, -0.2) is 9.18 Å². The van der Waals surface area contributed by atoms with Crippen molar-refractivity contribution >= 4 is 35.0 Å². The molecular formula is C30H33FN5O7S+. The number of carboxylic acid groups (broad SMARTS) is 1. The zero-order valence-electron chi connectivity index (χ0n) is 23.9. The van der Waals surface area contributed by atoms with Gasteiger partial charge in [-0.2, -0.15) is 0 Å². The minimum Gasteiger partial charge on any atom is -0.478 e. The normalized spacial score (nSPS) is 17.9. The molecule has 5 rings (SSSR count). The summed E-state index contributed by atoms with van der Waals surface area (Å²) in [6, 6.07) is 11.0. The van der Waals surface area contributed by atoms with Crippen molar-refractivity contribution in [1.82, 2.24) is 15.5 Å². The van der Waals surface area contributed by atoms with Crippen molar-refractivity contribution in [3.05, 3.63) is 81.3 Å². The van der Waals surface area contributed by atoms with Gasteiger partial charge >= 0.3 is 5.97 Å². The Morgan fingerprint density at radius 3 is 2.50 bits per heavy atom. The molecule has 0 aliphatic carbocycles. The number of halogens is 1. The first kappa shape index (κ1) is 31.2. The molecule has 3 aromatic rings. The molecule has 14 heteroatoms. The molecule has 1 aromatic heterocycles. The van der Waals surface area contributed by atoms with Crippen molar-refractivity contribution < 1.29 is 43.5 Å². The first-order valence-electron chi connectivity index (χ1n) is 14.0. The van der Waals surface area contributed by atoms with Crippen LogP contribution in [0.3, 0.4) is 0 Å². The molecule has 1 unspecified atom stereocenters. The molecule has 44 heavy (non-hydrogen) atoms. The molecule has 0 radical (unpaired) electrons. The lowest BCUT2D eigenvalue weighted by Crippen LogP contribution is -2.83. The number of carboxylic acids is 1. The molecule has 2 aliphatic rings. The third-order valence-corrected chi connectivity index (χ3v) is 8.62. The summed E-state index contributed by atoms with van der Waals surface area (Å²) >= 11 is 1.48. The van der Waals surface area contributed by atoms with Gasteiger partial charge in [-0.1, -0.05) is 18.2 Å². The van der Waals surface area contributed by atoms with Crippen LogP contribution < -0.4 is 21.7 Å². The van der Waals surface area contributed by atoms with E-state index < -0.39 is 41.0 Å². The average molecular weight is 627 g/mol. The molecule has 0 bridgehead atoms. The van der Waals surface area contributed by atoms with Crippen molar-refractivity contribution in [2.75, 3.05) is 33.4 Å². The van der Waals surface area contributed by atoms with Crippen molar-refractivity contribution in [2.24, 2.45) is 5.73 Å². The number of rotatable bonds is 10. The fourth-order valence-electron chi connectivity index (χ4n) is 5.23. The van der Waals surface area contributed by atoms with Crippen LogP contribution in [0.1, 0.15) is 43.7 Å². The van der Waals surface area contributed by atoms with E-state index in [4.69, 9.17) is 15.2 Å². The maximum Gasteiger partial charge on any atom is 0.338 e. The second-order valence-corrected chi connectivity index (χ2v) is 11.5. The van der Waals surface area contributed by atoms with Crippen molar-refractivity contribution in [2.45, 2.75) is 31.0 Å². The second-order valence-electron chi connectivity index (χ2n) is 10.5. The molecule has 2 aliphatic heterocycles. The SMILES string of the molecule is C[NH2+]C(N)c1csc(CNC(=O)[C@@H]2CC3(CN2C(=O)CNC(=O)c2ccc(-c4ccc(F)c(C(=O)O)c4)cc2)OCCO3)c1. The molecule has 2 atom stereocenters. The Morgan fingerprint density at radius 2 is 1.82 bits per heavy atom. The Hall–Kier alpha value is -4.21. The molecule has 3 heterocycles. The van der Waals surface area contributed by atoms with Gasteiger partial charge in [0.05, 0.1) is 45.5 Å². The molecule has 0 saturated carbocycles. The topological polar surface area (TPSA) is 177 Å². The van der Waals surface area contributed by atoms with Crippen LogP contribution in [-0.2, 0) is 25.6 Å². The molecule has 2 saturated heterocycles. The fraction of sp³-hybridized carbons (Fsp3) is 0.333. The number of thiophene rings is 1. The summed E-state index contributed by atoms with van der Waals surface area (Å²) in [5.74, 6) is -4.64. The van der Waals surface area contributed by atoms with Crippen LogP contribution in [0.4, 0.5) is 4.39 Å². The Labute approximate surface area is 256 Å². The molecule has 7 N–H and O–H groups in total. The monoisotopic (exact) mass is 626 g/mol. The summed E-state index contributed by atoms with van der Waals surface area (Å²) in [5, 5.41) is 18.5.